The van der Waals surface area contributed by atoms with Crippen molar-refractivity contribution in [2.24, 2.45) is 0 Å². The molecular formula is C23H27N3O3S. The highest BCUT2D eigenvalue weighted by atomic mass is 32.2. The van der Waals surface area contributed by atoms with Gasteiger partial charge in [-0.1, -0.05) is 46.6 Å². The molecule has 1 saturated heterocycles. The maximum absolute atomic E-state index is 13.4. The molecule has 1 atom stereocenters. The Balaban J connectivity index is 1.60. The van der Waals surface area contributed by atoms with E-state index in [1.165, 1.54) is 0 Å². The lowest BCUT2D eigenvalue weighted by Crippen LogP contribution is -2.39. The van der Waals surface area contributed by atoms with E-state index in [1.54, 1.807) is 4.31 Å². The van der Waals surface area contributed by atoms with Crippen molar-refractivity contribution in [1.29, 1.82) is 0 Å². The lowest BCUT2D eigenvalue weighted by Gasteiger charge is -2.31. The minimum atomic E-state index is -3.59. The van der Waals surface area contributed by atoms with Crippen molar-refractivity contribution < 1.29 is 12.9 Å². The largest absolute Gasteiger partial charge is 0.339 e. The summed E-state index contributed by atoms with van der Waals surface area (Å²) < 4.78 is 34.0. The van der Waals surface area contributed by atoms with E-state index in [4.69, 9.17) is 4.52 Å². The number of benzene rings is 2. The summed E-state index contributed by atoms with van der Waals surface area (Å²) in [6.07, 6.45) is 1.59. The van der Waals surface area contributed by atoms with Crippen LogP contribution in [0.4, 0.5) is 0 Å². The number of aryl methyl sites for hydroxylation is 4. The van der Waals surface area contributed by atoms with Crippen molar-refractivity contribution >= 4 is 10.0 Å². The van der Waals surface area contributed by atoms with Crippen LogP contribution >= 0.6 is 0 Å². The standard InChI is InChI=1S/C23H27N3O3S/c1-15-7-5-8-19(13-15)22-24-23(29-25-22)20-9-6-10-26(14-20)30(27,28)21-17(3)11-16(2)12-18(21)4/h5,7-8,11-13,20H,6,9-10,14H2,1-4H3. The summed E-state index contributed by atoms with van der Waals surface area (Å²) in [6, 6.07) is 11.8. The van der Waals surface area contributed by atoms with Crippen LogP contribution in [0.15, 0.2) is 45.8 Å². The first-order chi connectivity index (χ1) is 14.3. The van der Waals surface area contributed by atoms with Gasteiger partial charge in [0.2, 0.25) is 21.7 Å². The van der Waals surface area contributed by atoms with Crippen LogP contribution in [0, 0.1) is 27.7 Å². The smallest absolute Gasteiger partial charge is 0.243 e. The minimum Gasteiger partial charge on any atom is -0.339 e. The summed E-state index contributed by atoms with van der Waals surface area (Å²) >= 11 is 0. The van der Waals surface area contributed by atoms with E-state index >= 15 is 0 Å². The maximum Gasteiger partial charge on any atom is 0.243 e. The quantitative estimate of drug-likeness (QED) is 0.613. The van der Waals surface area contributed by atoms with E-state index in [0.717, 1.165) is 40.7 Å². The van der Waals surface area contributed by atoms with Crippen molar-refractivity contribution in [2.45, 2.75) is 51.3 Å². The van der Waals surface area contributed by atoms with Crippen LogP contribution in [0.2, 0.25) is 0 Å². The molecule has 0 aliphatic carbocycles. The molecule has 1 aliphatic rings. The molecular weight excluding hydrogens is 398 g/mol. The van der Waals surface area contributed by atoms with Crippen LogP contribution in [0.5, 0.6) is 0 Å². The highest BCUT2D eigenvalue weighted by Crippen LogP contribution is 2.32. The Morgan fingerprint density at radius 2 is 1.77 bits per heavy atom. The minimum absolute atomic E-state index is 0.106. The first kappa shape index (κ1) is 20.8. The fraction of sp³-hybridized carbons (Fsp3) is 0.391. The van der Waals surface area contributed by atoms with Gasteiger partial charge in [-0.3, -0.25) is 0 Å². The summed E-state index contributed by atoms with van der Waals surface area (Å²) in [7, 11) is -3.59. The molecule has 0 spiro atoms. The van der Waals surface area contributed by atoms with Crippen LogP contribution in [-0.4, -0.2) is 36.0 Å². The Morgan fingerprint density at radius 1 is 1.03 bits per heavy atom. The molecule has 1 aliphatic heterocycles. The van der Waals surface area contributed by atoms with Crippen molar-refractivity contribution in [3.05, 3.63) is 64.5 Å². The summed E-state index contributed by atoms with van der Waals surface area (Å²) in [5, 5.41) is 4.13. The Morgan fingerprint density at radius 3 is 2.47 bits per heavy atom. The van der Waals surface area contributed by atoms with Gasteiger partial charge in [0.25, 0.3) is 0 Å². The average molecular weight is 426 g/mol. The van der Waals surface area contributed by atoms with Gasteiger partial charge in [-0.05, 0) is 57.7 Å². The van der Waals surface area contributed by atoms with Gasteiger partial charge in [0.15, 0.2) is 0 Å². The Hall–Kier alpha value is -2.51. The number of sulfonamides is 1. The molecule has 0 bridgehead atoms. The van der Waals surface area contributed by atoms with Gasteiger partial charge in [0.05, 0.1) is 10.8 Å². The van der Waals surface area contributed by atoms with Gasteiger partial charge < -0.3 is 4.52 Å². The molecule has 2 aromatic carbocycles. The van der Waals surface area contributed by atoms with Gasteiger partial charge in [-0.2, -0.15) is 9.29 Å². The summed E-state index contributed by atoms with van der Waals surface area (Å²) in [5.41, 5.74) is 4.66. The number of piperidine rings is 1. The van der Waals surface area contributed by atoms with Crippen molar-refractivity contribution in [3.8, 4) is 11.4 Å². The van der Waals surface area contributed by atoms with Crippen molar-refractivity contribution in [3.63, 3.8) is 0 Å². The summed E-state index contributed by atoms with van der Waals surface area (Å²) in [6.45, 7) is 8.58. The molecule has 0 N–H and O–H groups in total. The maximum atomic E-state index is 13.4. The Bertz CT molecular complexity index is 1160. The van der Waals surface area contributed by atoms with E-state index in [0.29, 0.717) is 29.7 Å². The zero-order valence-corrected chi connectivity index (χ0v) is 18.7. The number of hydrogen-bond donors (Lipinski definition) is 0. The van der Waals surface area contributed by atoms with E-state index in [2.05, 4.69) is 10.1 Å². The lowest BCUT2D eigenvalue weighted by atomic mass is 10.00. The van der Waals surface area contributed by atoms with Crippen LogP contribution in [0.3, 0.4) is 0 Å². The third-order valence-electron chi connectivity index (χ3n) is 5.65. The van der Waals surface area contributed by atoms with Gasteiger partial charge in [0.1, 0.15) is 0 Å². The predicted octanol–water partition coefficient (Wildman–Crippen LogP) is 4.54. The fourth-order valence-corrected chi connectivity index (χ4v) is 6.30. The molecule has 1 fully saturated rings. The molecule has 30 heavy (non-hydrogen) atoms. The Labute approximate surface area is 178 Å². The topological polar surface area (TPSA) is 76.3 Å². The molecule has 0 saturated carbocycles. The number of hydrogen-bond acceptors (Lipinski definition) is 5. The molecule has 6 nitrogen and oxygen atoms in total. The normalized spacial score (nSPS) is 17.9. The molecule has 1 unspecified atom stereocenters. The van der Waals surface area contributed by atoms with Crippen LogP contribution in [0.25, 0.3) is 11.4 Å². The van der Waals surface area contributed by atoms with Crippen molar-refractivity contribution in [2.75, 3.05) is 13.1 Å². The molecule has 4 rings (SSSR count). The highest BCUT2D eigenvalue weighted by molar-refractivity contribution is 7.89. The third-order valence-corrected chi connectivity index (χ3v) is 7.83. The first-order valence-corrected chi connectivity index (χ1v) is 11.7. The third kappa shape index (κ3) is 3.91. The highest BCUT2D eigenvalue weighted by Gasteiger charge is 2.35. The van der Waals surface area contributed by atoms with E-state index in [9.17, 15) is 8.42 Å². The average Bonchev–Trinajstić information content (AvgIpc) is 3.17. The molecule has 3 aromatic rings. The second-order valence-electron chi connectivity index (χ2n) is 8.26. The molecule has 0 amide bonds. The molecule has 1 aromatic heterocycles. The van der Waals surface area contributed by atoms with Gasteiger partial charge in [-0.15, -0.1) is 0 Å². The van der Waals surface area contributed by atoms with E-state index in [1.807, 2.05) is 64.1 Å². The van der Waals surface area contributed by atoms with Gasteiger partial charge in [-0.25, -0.2) is 8.42 Å². The Kier molecular flexibility index (Phi) is 5.51. The monoisotopic (exact) mass is 425 g/mol. The van der Waals surface area contributed by atoms with Crippen molar-refractivity contribution in [1.82, 2.24) is 14.4 Å². The van der Waals surface area contributed by atoms with E-state index in [-0.39, 0.29) is 5.92 Å². The summed E-state index contributed by atoms with van der Waals surface area (Å²) in [4.78, 5) is 5.00. The zero-order valence-electron chi connectivity index (χ0n) is 17.8. The molecule has 7 heteroatoms. The predicted molar refractivity (Wildman–Crippen MR) is 116 cm³/mol. The van der Waals surface area contributed by atoms with E-state index < -0.39 is 10.0 Å². The molecule has 2 heterocycles. The number of aromatic nitrogens is 2. The fourth-order valence-electron chi connectivity index (χ4n) is 4.37. The van der Waals surface area contributed by atoms with Crippen LogP contribution in [-0.2, 0) is 10.0 Å². The number of nitrogens with zero attached hydrogens (tertiary/aromatic N) is 3. The summed E-state index contributed by atoms with van der Waals surface area (Å²) in [5.74, 6) is 0.938. The van der Waals surface area contributed by atoms with Crippen LogP contribution in [0.1, 0.15) is 46.9 Å². The number of rotatable bonds is 4. The molecule has 0 radical (unpaired) electrons. The first-order valence-electron chi connectivity index (χ1n) is 10.2. The molecule has 158 valence electrons. The van der Waals surface area contributed by atoms with Gasteiger partial charge in [0, 0.05) is 18.7 Å². The lowest BCUT2D eigenvalue weighted by molar-refractivity contribution is 0.265. The van der Waals surface area contributed by atoms with Crippen LogP contribution < -0.4 is 0 Å². The second kappa shape index (κ2) is 7.96. The SMILES string of the molecule is Cc1cccc(-c2noc(C3CCCN(S(=O)(=O)c4c(C)cc(C)cc4C)C3)n2)c1. The second-order valence-corrected chi connectivity index (χ2v) is 10.1. The van der Waals surface area contributed by atoms with Gasteiger partial charge >= 0.3 is 0 Å². The zero-order chi connectivity index (χ0) is 21.5.